The summed E-state index contributed by atoms with van der Waals surface area (Å²) < 4.78 is 27.4. The van der Waals surface area contributed by atoms with Crippen LogP contribution in [0.3, 0.4) is 0 Å². The molecule has 0 radical (unpaired) electrons. The lowest BCUT2D eigenvalue weighted by molar-refractivity contribution is 0.582. The van der Waals surface area contributed by atoms with Crippen LogP contribution in [0.5, 0.6) is 0 Å². The lowest BCUT2D eigenvalue weighted by atomic mass is 10.4. The van der Waals surface area contributed by atoms with Gasteiger partial charge in [-0.05, 0) is 18.9 Å². The molecule has 2 aliphatic rings. The summed E-state index contributed by atoms with van der Waals surface area (Å²) in [5.41, 5.74) is 0. The van der Waals surface area contributed by atoms with Crippen molar-refractivity contribution in [2.75, 3.05) is 23.8 Å². The number of hydrogen-bond donors (Lipinski definition) is 2. The molecule has 1 saturated carbocycles. The predicted molar refractivity (Wildman–Crippen MR) is 92.9 cm³/mol. The first-order valence-corrected chi connectivity index (χ1v) is 11.7. The zero-order chi connectivity index (χ0) is 14.7. The van der Waals surface area contributed by atoms with Gasteiger partial charge in [0.15, 0.2) is 0 Å². The Morgan fingerprint density at radius 1 is 1.29 bits per heavy atom. The van der Waals surface area contributed by atoms with Gasteiger partial charge in [0.1, 0.15) is 0 Å². The van der Waals surface area contributed by atoms with Crippen molar-refractivity contribution in [1.29, 1.82) is 0 Å². The Morgan fingerprint density at radius 2 is 2.14 bits per heavy atom. The zero-order valence-corrected chi connectivity index (χ0v) is 15.0. The van der Waals surface area contributed by atoms with Crippen molar-refractivity contribution >= 4 is 44.9 Å². The molecule has 3 rings (SSSR count). The van der Waals surface area contributed by atoms with Crippen LogP contribution in [-0.2, 0) is 16.6 Å². The summed E-state index contributed by atoms with van der Waals surface area (Å²) in [6.45, 7) is 1.31. The lowest BCUT2D eigenvalue weighted by Gasteiger charge is -2.20. The van der Waals surface area contributed by atoms with E-state index in [4.69, 9.17) is 0 Å². The fourth-order valence-electron chi connectivity index (χ4n) is 2.07. The minimum absolute atomic E-state index is 0.396. The molecule has 1 unspecified atom stereocenters. The quantitative estimate of drug-likeness (QED) is 0.776. The van der Waals surface area contributed by atoms with E-state index in [1.165, 1.54) is 29.9 Å². The molecule has 118 valence electrons. The standard InChI is InChI=1S/C13H20N2O2S4/c16-21(17,15-7-12-8-18-3-4-19-12)13-5-11(20-9-13)6-14-10-1-2-10/h5,9-10,12,14-15H,1-4,6-8H2. The third-order valence-electron chi connectivity index (χ3n) is 3.47. The third-order valence-corrected chi connectivity index (χ3v) is 8.80. The molecule has 8 heteroatoms. The van der Waals surface area contributed by atoms with E-state index in [0.717, 1.165) is 22.9 Å². The van der Waals surface area contributed by atoms with Crippen LogP contribution < -0.4 is 10.0 Å². The second-order valence-electron chi connectivity index (χ2n) is 5.32. The van der Waals surface area contributed by atoms with Gasteiger partial charge in [0.2, 0.25) is 10.0 Å². The number of sulfonamides is 1. The molecule has 1 aliphatic carbocycles. The number of hydrogen-bond acceptors (Lipinski definition) is 6. The molecule has 1 saturated heterocycles. The van der Waals surface area contributed by atoms with Gasteiger partial charge in [-0.25, -0.2) is 13.1 Å². The molecular weight excluding hydrogens is 344 g/mol. The van der Waals surface area contributed by atoms with Crippen molar-refractivity contribution in [2.45, 2.75) is 35.6 Å². The second kappa shape index (κ2) is 7.23. The van der Waals surface area contributed by atoms with Crippen molar-refractivity contribution in [3.05, 3.63) is 16.3 Å². The van der Waals surface area contributed by atoms with E-state index in [9.17, 15) is 8.42 Å². The molecule has 0 aromatic carbocycles. The van der Waals surface area contributed by atoms with Crippen molar-refractivity contribution in [1.82, 2.24) is 10.0 Å². The summed E-state index contributed by atoms with van der Waals surface area (Å²) in [6, 6.07) is 2.44. The third kappa shape index (κ3) is 4.87. The fourth-order valence-corrected chi connectivity index (χ4v) is 7.09. The molecule has 1 atom stereocenters. The SMILES string of the molecule is O=S(=O)(NCC1CSCCS1)c1csc(CNC2CC2)c1. The minimum atomic E-state index is -3.35. The maximum Gasteiger partial charge on any atom is 0.241 e. The monoisotopic (exact) mass is 364 g/mol. The Balaban J connectivity index is 1.53. The van der Waals surface area contributed by atoms with Crippen LogP contribution in [0, 0.1) is 0 Å². The maximum atomic E-state index is 12.3. The topological polar surface area (TPSA) is 58.2 Å². The lowest BCUT2D eigenvalue weighted by Crippen LogP contribution is -2.33. The second-order valence-corrected chi connectivity index (χ2v) is 10.6. The van der Waals surface area contributed by atoms with E-state index in [2.05, 4.69) is 10.0 Å². The van der Waals surface area contributed by atoms with Gasteiger partial charge >= 0.3 is 0 Å². The molecule has 21 heavy (non-hydrogen) atoms. The molecule has 2 N–H and O–H groups in total. The molecule has 1 aromatic rings. The maximum absolute atomic E-state index is 12.3. The summed E-state index contributed by atoms with van der Waals surface area (Å²) in [4.78, 5) is 1.50. The van der Waals surface area contributed by atoms with Crippen LogP contribution in [-0.4, -0.2) is 43.5 Å². The predicted octanol–water partition coefficient (Wildman–Crippen LogP) is 2.13. The van der Waals surface area contributed by atoms with Crippen LogP contribution in [0.1, 0.15) is 17.7 Å². The summed E-state index contributed by atoms with van der Waals surface area (Å²) in [5, 5.41) is 5.55. The number of thiophene rings is 1. The summed E-state index contributed by atoms with van der Waals surface area (Å²) in [7, 11) is -3.35. The zero-order valence-electron chi connectivity index (χ0n) is 11.7. The highest BCUT2D eigenvalue weighted by atomic mass is 32.2. The van der Waals surface area contributed by atoms with Gasteiger partial charge in [-0.2, -0.15) is 23.5 Å². The molecule has 4 nitrogen and oxygen atoms in total. The Morgan fingerprint density at radius 3 is 2.86 bits per heavy atom. The number of thioether (sulfide) groups is 2. The molecule has 2 fully saturated rings. The molecule has 0 bridgehead atoms. The van der Waals surface area contributed by atoms with Gasteiger partial charge in [-0.15, -0.1) is 11.3 Å². The Hall–Kier alpha value is 0.270. The largest absolute Gasteiger partial charge is 0.309 e. The molecule has 0 spiro atoms. The highest BCUT2D eigenvalue weighted by molar-refractivity contribution is 8.06. The highest BCUT2D eigenvalue weighted by Crippen LogP contribution is 2.25. The Kier molecular flexibility index (Phi) is 5.55. The minimum Gasteiger partial charge on any atom is -0.309 e. The van der Waals surface area contributed by atoms with E-state index < -0.39 is 10.0 Å². The molecule has 0 amide bonds. The molecule has 1 aliphatic heterocycles. The summed E-state index contributed by atoms with van der Waals surface area (Å²) in [5.74, 6) is 3.33. The first-order valence-electron chi connectivity index (χ1n) is 7.13. The Labute approximate surface area is 138 Å². The van der Waals surface area contributed by atoms with Gasteiger partial charge in [-0.3, -0.25) is 0 Å². The van der Waals surface area contributed by atoms with Crippen LogP contribution in [0.4, 0.5) is 0 Å². The molecule has 1 aromatic heterocycles. The molecule has 2 heterocycles. The smallest absolute Gasteiger partial charge is 0.241 e. The van der Waals surface area contributed by atoms with E-state index in [1.54, 1.807) is 11.4 Å². The van der Waals surface area contributed by atoms with Gasteiger partial charge in [0.25, 0.3) is 0 Å². The normalized spacial score (nSPS) is 23.3. The van der Waals surface area contributed by atoms with E-state index in [1.807, 2.05) is 23.5 Å². The first-order chi connectivity index (χ1) is 10.1. The van der Waals surface area contributed by atoms with E-state index in [-0.39, 0.29) is 0 Å². The fraction of sp³-hybridized carbons (Fsp3) is 0.692. The first kappa shape index (κ1) is 16.1. The Bertz CT molecular complexity index is 562. The van der Waals surface area contributed by atoms with Crippen LogP contribution in [0.25, 0.3) is 0 Å². The summed E-state index contributed by atoms with van der Waals surface area (Å²) >= 11 is 5.29. The average molecular weight is 365 g/mol. The average Bonchev–Trinajstić information content (AvgIpc) is 3.20. The van der Waals surface area contributed by atoms with Crippen molar-refractivity contribution in [3.63, 3.8) is 0 Å². The van der Waals surface area contributed by atoms with Crippen LogP contribution >= 0.6 is 34.9 Å². The van der Waals surface area contributed by atoms with Crippen molar-refractivity contribution in [2.24, 2.45) is 0 Å². The van der Waals surface area contributed by atoms with E-state index >= 15 is 0 Å². The van der Waals surface area contributed by atoms with E-state index in [0.29, 0.717) is 22.7 Å². The van der Waals surface area contributed by atoms with Gasteiger partial charge in [-0.1, -0.05) is 0 Å². The van der Waals surface area contributed by atoms with Crippen LogP contribution in [0.15, 0.2) is 16.3 Å². The van der Waals surface area contributed by atoms with Gasteiger partial charge in [0.05, 0.1) is 4.90 Å². The van der Waals surface area contributed by atoms with Crippen molar-refractivity contribution in [3.8, 4) is 0 Å². The highest BCUT2D eigenvalue weighted by Gasteiger charge is 2.22. The summed E-state index contributed by atoms with van der Waals surface area (Å²) in [6.07, 6.45) is 2.49. The van der Waals surface area contributed by atoms with Crippen LogP contribution in [0.2, 0.25) is 0 Å². The number of nitrogens with one attached hydrogen (secondary N) is 2. The van der Waals surface area contributed by atoms with Crippen molar-refractivity contribution < 1.29 is 8.42 Å². The van der Waals surface area contributed by atoms with Gasteiger partial charge in [0, 0.05) is 51.9 Å². The number of rotatable bonds is 7. The van der Waals surface area contributed by atoms with Gasteiger partial charge < -0.3 is 5.32 Å². The molecular formula is C13H20N2O2S4.